The van der Waals surface area contributed by atoms with E-state index in [1.807, 2.05) is 12.1 Å². The molecule has 0 saturated heterocycles. The minimum Gasteiger partial charge on any atom is -0.493 e. The molecule has 0 aliphatic heterocycles. The summed E-state index contributed by atoms with van der Waals surface area (Å²) in [6.45, 7) is 0.406. The molecule has 0 spiro atoms. The summed E-state index contributed by atoms with van der Waals surface area (Å²) in [4.78, 5) is 12.8. The summed E-state index contributed by atoms with van der Waals surface area (Å²) >= 11 is 0. The van der Waals surface area contributed by atoms with Crippen molar-refractivity contribution in [2.75, 3.05) is 21.3 Å². The lowest BCUT2D eigenvalue weighted by molar-refractivity contribution is -0.169. The quantitative estimate of drug-likeness (QED) is 0.750. The molecule has 4 bridgehead atoms. The number of hydrogen-bond acceptors (Lipinski definition) is 5. The monoisotopic (exact) mass is 389 g/mol. The maximum absolute atomic E-state index is 12.8. The Bertz CT molecular complexity index is 722. The molecule has 0 radical (unpaired) electrons. The second-order valence-corrected chi connectivity index (χ2v) is 9.17. The first-order valence-electron chi connectivity index (χ1n) is 10.2. The predicted octanol–water partition coefficient (Wildman–Crippen LogP) is 3.05. The fraction of sp³-hybridized carbons (Fsp3) is 0.682. The largest absolute Gasteiger partial charge is 0.493 e. The van der Waals surface area contributed by atoms with Crippen LogP contribution in [0.5, 0.6) is 17.2 Å². The fourth-order valence-corrected chi connectivity index (χ4v) is 6.45. The van der Waals surface area contributed by atoms with Gasteiger partial charge >= 0.3 is 0 Å². The van der Waals surface area contributed by atoms with Gasteiger partial charge in [0.2, 0.25) is 11.7 Å². The number of aliphatic hydroxyl groups is 1. The Balaban J connectivity index is 1.41. The predicted molar refractivity (Wildman–Crippen MR) is 105 cm³/mol. The number of nitrogens with one attached hydrogen (secondary N) is 1. The van der Waals surface area contributed by atoms with E-state index >= 15 is 0 Å². The number of hydrogen-bond donors (Lipinski definition) is 2. The maximum Gasteiger partial charge on any atom is 0.220 e. The summed E-state index contributed by atoms with van der Waals surface area (Å²) in [6.07, 6.45) is 6.55. The lowest BCUT2D eigenvalue weighted by Gasteiger charge is -2.60. The van der Waals surface area contributed by atoms with Crippen molar-refractivity contribution in [2.45, 2.75) is 57.1 Å². The zero-order valence-electron chi connectivity index (χ0n) is 17.0. The third-order valence-electron chi connectivity index (χ3n) is 6.90. The second-order valence-electron chi connectivity index (χ2n) is 9.17. The average Bonchev–Trinajstić information content (AvgIpc) is 2.62. The first kappa shape index (κ1) is 19.4. The Labute approximate surface area is 166 Å². The Morgan fingerprint density at radius 1 is 1.07 bits per heavy atom. The van der Waals surface area contributed by atoms with E-state index in [0.717, 1.165) is 37.7 Å². The summed E-state index contributed by atoms with van der Waals surface area (Å²) in [5.74, 6) is 2.94. The van der Waals surface area contributed by atoms with E-state index in [-0.39, 0.29) is 11.3 Å². The zero-order valence-corrected chi connectivity index (χ0v) is 17.0. The van der Waals surface area contributed by atoms with Crippen molar-refractivity contribution in [2.24, 2.45) is 17.3 Å². The number of methoxy groups -OCH3 is 3. The van der Waals surface area contributed by atoms with Crippen LogP contribution in [-0.2, 0) is 11.3 Å². The van der Waals surface area contributed by atoms with Crippen LogP contribution < -0.4 is 19.5 Å². The molecule has 6 nitrogen and oxygen atoms in total. The Morgan fingerprint density at radius 2 is 1.68 bits per heavy atom. The van der Waals surface area contributed by atoms with E-state index in [1.165, 1.54) is 6.42 Å². The normalized spacial score (nSPS) is 32.9. The topological polar surface area (TPSA) is 77.0 Å². The Kier molecular flexibility index (Phi) is 4.94. The Morgan fingerprint density at radius 3 is 2.18 bits per heavy atom. The highest BCUT2D eigenvalue weighted by Gasteiger charge is 2.57. The minimum absolute atomic E-state index is 0.0157. The molecule has 1 aromatic rings. The van der Waals surface area contributed by atoms with Crippen molar-refractivity contribution < 1.29 is 24.1 Å². The number of rotatable bonds is 7. The molecular formula is C22H31NO5. The lowest BCUT2D eigenvalue weighted by atomic mass is 9.47. The van der Waals surface area contributed by atoms with E-state index in [0.29, 0.717) is 42.0 Å². The number of carbonyl (C=O) groups is 1. The third-order valence-corrected chi connectivity index (χ3v) is 6.90. The van der Waals surface area contributed by atoms with Crippen LogP contribution in [-0.4, -0.2) is 37.9 Å². The molecule has 1 amide bonds. The van der Waals surface area contributed by atoms with Crippen LogP contribution in [0.2, 0.25) is 0 Å². The molecule has 4 aliphatic carbocycles. The fourth-order valence-electron chi connectivity index (χ4n) is 6.45. The van der Waals surface area contributed by atoms with Crippen LogP contribution >= 0.6 is 0 Å². The van der Waals surface area contributed by atoms with Crippen molar-refractivity contribution in [3.63, 3.8) is 0 Å². The Hall–Kier alpha value is -1.95. The van der Waals surface area contributed by atoms with Gasteiger partial charge in [0, 0.05) is 13.0 Å². The molecule has 1 aromatic carbocycles. The van der Waals surface area contributed by atoms with Crippen molar-refractivity contribution in [3.05, 3.63) is 17.7 Å². The van der Waals surface area contributed by atoms with Gasteiger partial charge < -0.3 is 24.6 Å². The first-order chi connectivity index (χ1) is 13.4. The van der Waals surface area contributed by atoms with Gasteiger partial charge in [0.1, 0.15) is 0 Å². The van der Waals surface area contributed by atoms with Crippen LogP contribution in [0.1, 0.15) is 50.5 Å². The minimum atomic E-state index is -0.527. The molecule has 4 saturated carbocycles. The molecule has 4 aliphatic rings. The van der Waals surface area contributed by atoms with Gasteiger partial charge in [0.05, 0.1) is 26.9 Å². The highest BCUT2D eigenvalue weighted by molar-refractivity contribution is 5.77. The summed E-state index contributed by atoms with van der Waals surface area (Å²) in [6, 6.07) is 3.71. The molecule has 6 heteroatoms. The third kappa shape index (κ3) is 3.54. The molecule has 154 valence electrons. The number of ether oxygens (including phenoxy) is 3. The van der Waals surface area contributed by atoms with Gasteiger partial charge in [-0.25, -0.2) is 0 Å². The summed E-state index contributed by atoms with van der Waals surface area (Å²) in [7, 11) is 4.73. The van der Waals surface area contributed by atoms with E-state index in [9.17, 15) is 9.90 Å². The van der Waals surface area contributed by atoms with Crippen LogP contribution in [0, 0.1) is 17.3 Å². The zero-order chi connectivity index (χ0) is 19.9. The average molecular weight is 389 g/mol. The van der Waals surface area contributed by atoms with E-state index in [4.69, 9.17) is 14.2 Å². The van der Waals surface area contributed by atoms with Gasteiger partial charge in [-0.1, -0.05) is 0 Å². The van der Waals surface area contributed by atoms with Crippen molar-refractivity contribution in [3.8, 4) is 17.2 Å². The second kappa shape index (κ2) is 7.14. The highest BCUT2D eigenvalue weighted by Crippen LogP contribution is 2.62. The van der Waals surface area contributed by atoms with Crippen LogP contribution in [0.25, 0.3) is 0 Å². The van der Waals surface area contributed by atoms with E-state index in [1.54, 1.807) is 21.3 Å². The van der Waals surface area contributed by atoms with Crippen LogP contribution in [0.15, 0.2) is 12.1 Å². The number of amides is 1. The molecular weight excluding hydrogens is 358 g/mol. The molecule has 5 rings (SSSR count). The van der Waals surface area contributed by atoms with Gasteiger partial charge in [-0.15, -0.1) is 0 Å². The van der Waals surface area contributed by atoms with Gasteiger partial charge in [0.15, 0.2) is 11.5 Å². The maximum atomic E-state index is 12.8. The smallest absolute Gasteiger partial charge is 0.220 e. The van der Waals surface area contributed by atoms with E-state index in [2.05, 4.69) is 5.32 Å². The van der Waals surface area contributed by atoms with Gasteiger partial charge in [-0.2, -0.15) is 0 Å². The van der Waals surface area contributed by atoms with Gasteiger partial charge in [-0.3, -0.25) is 4.79 Å². The SMILES string of the molecule is COc1cc(CNC(=O)CC23CC4CC(CC(O)(C4)C2)C3)cc(OC)c1OC. The summed E-state index contributed by atoms with van der Waals surface area (Å²) in [5.41, 5.74) is 0.353. The van der Waals surface area contributed by atoms with Crippen LogP contribution in [0.4, 0.5) is 0 Å². The van der Waals surface area contributed by atoms with Gasteiger partial charge in [-0.05, 0) is 73.5 Å². The van der Waals surface area contributed by atoms with Crippen molar-refractivity contribution in [1.82, 2.24) is 5.32 Å². The number of benzene rings is 1. The lowest BCUT2D eigenvalue weighted by Crippen LogP contribution is -2.56. The molecule has 28 heavy (non-hydrogen) atoms. The van der Waals surface area contributed by atoms with Crippen LogP contribution in [0.3, 0.4) is 0 Å². The molecule has 0 aromatic heterocycles. The van der Waals surface area contributed by atoms with Gasteiger partial charge in [0.25, 0.3) is 0 Å². The molecule has 2 unspecified atom stereocenters. The highest BCUT2D eigenvalue weighted by atomic mass is 16.5. The summed E-state index contributed by atoms with van der Waals surface area (Å²) < 4.78 is 16.1. The molecule has 0 heterocycles. The van der Waals surface area contributed by atoms with E-state index < -0.39 is 5.60 Å². The molecule has 4 fully saturated rings. The standard InChI is InChI=1S/C22H31NO5/c1-26-17-5-14(6-18(27-2)20(17)28-3)12-23-19(24)11-21-7-15-4-16(8-21)10-22(25,9-15)13-21/h5-6,15-16,25H,4,7-13H2,1-3H3,(H,23,24). The van der Waals surface area contributed by atoms with Crippen molar-refractivity contribution >= 4 is 5.91 Å². The first-order valence-corrected chi connectivity index (χ1v) is 10.2. The molecule has 2 atom stereocenters. The molecule has 2 N–H and O–H groups in total. The van der Waals surface area contributed by atoms with Crippen molar-refractivity contribution in [1.29, 1.82) is 0 Å². The summed E-state index contributed by atoms with van der Waals surface area (Å²) in [5, 5.41) is 13.9. The number of carbonyl (C=O) groups excluding carboxylic acids is 1.